The van der Waals surface area contributed by atoms with E-state index in [-0.39, 0.29) is 0 Å². The predicted octanol–water partition coefficient (Wildman–Crippen LogP) is -0.125. The second-order valence-corrected chi connectivity index (χ2v) is 7.73. The van der Waals surface area contributed by atoms with Crippen molar-refractivity contribution in [2.45, 2.75) is 25.9 Å². The molecule has 1 atom stereocenters. The Hall–Kier alpha value is -0.960. The molecule has 118 valence electrons. The van der Waals surface area contributed by atoms with Crippen LogP contribution in [0, 0.1) is 5.92 Å². The zero-order valence-electron chi connectivity index (χ0n) is 12.4. The molecule has 0 saturated carbocycles. The molecule has 1 aromatic rings. The summed E-state index contributed by atoms with van der Waals surface area (Å²) in [7, 11) is -1.46. The molecule has 3 rings (SSSR count). The minimum Gasteiger partial charge on any atom is -0.333 e. The van der Waals surface area contributed by atoms with E-state index in [0.29, 0.717) is 38.6 Å². The van der Waals surface area contributed by atoms with E-state index in [0.717, 1.165) is 25.2 Å². The number of nitrogens with one attached hydrogen (secondary N) is 1. The van der Waals surface area contributed by atoms with Gasteiger partial charge in [0.05, 0.1) is 6.54 Å². The van der Waals surface area contributed by atoms with E-state index in [9.17, 15) is 8.42 Å². The molecule has 1 aromatic heterocycles. The number of piperidine rings is 1. The van der Waals surface area contributed by atoms with Gasteiger partial charge in [0.15, 0.2) is 0 Å². The van der Waals surface area contributed by atoms with Crippen LogP contribution in [0.3, 0.4) is 0 Å². The molecule has 0 spiro atoms. The lowest BCUT2D eigenvalue weighted by Gasteiger charge is -2.36. The van der Waals surface area contributed by atoms with Crippen LogP contribution in [0.2, 0.25) is 0 Å². The number of nitrogens with zero attached hydrogens (tertiary/aromatic N) is 4. The second kappa shape index (κ2) is 6.04. The summed E-state index contributed by atoms with van der Waals surface area (Å²) in [6.07, 6.45) is 5.67. The largest absolute Gasteiger partial charge is 0.333 e. The molecular formula is C13H23N5O2S. The van der Waals surface area contributed by atoms with Crippen LogP contribution in [0.25, 0.3) is 0 Å². The fourth-order valence-corrected chi connectivity index (χ4v) is 4.88. The molecule has 1 fully saturated rings. The van der Waals surface area contributed by atoms with Gasteiger partial charge in [-0.1, -0.05) is 0 Å². The van der Waals surface area contributed by atoms with Gasteiger partial charge in [-0.15, -0.1) is 0 Å². The van der Waals surface area contributed by atoms with Crippen molar-refractivity contribution in [3.8, 4) is 0 Å². The molecule has 1 N–H and O–H groups in total. The van der Waals surface area contributed by atoms with Gasteiger partial charge in [0.2, 0.25) is 0 Å². The Labute approximate surface area is 126 Å². The quantitative estimate of drug-likeness (QED) is 0.841. The summed E-state index contributed by atoms with van der Waals surface area (Å²) in [5.74, 6) is 1.24. The van der Waals surface area contributed by atoms with Gasteiger partial charge in [0, 0.05) is 38.6 Å². The maximum absolute atomic E-state index is 12.8. The molecule has 8 heteroatoms. The summed E-state index contributed by atoms with van der Waals surface area (Å²) in [6.45, 7) is 3.71. The maximum atomic E-state index is 12.8. The highest BCUT2D eigenvalue weighted by Gasteiger charge is 2.35. The Kier molecular flexibility index (Phi) is 4.30. The van der Waals surface area contributed by atoms with Gasteiger partial charge in [-0.2, -0.15) is 17.0 Å². The summed E-state index contributed by atoms with van der Waals surface area (Å²) < 4.78 is 30.9. The minimum atomic E-state index is -3.37. The van der Waals surface area contributed by atoms with Crippen molar-refractivity contribution in [2.75, 3.05) is 33.2 Å². The van der Waals surface area contributed by atoms with Crippen LogP contribution in [-0.4, -0.2) is 59.8 Å². The highest BCUT2D eigenvalue weighted by atomic mass is 32.2. The molecule has 0 amide bonds. The van der Waals surface area contributed by atoms with Gasteiger partial charge in [0.1, 0.15) is 5.82 Å². The summed E-state index contributed by atoms with van der Waals surface area (Å²) in [6, 6.07) is 0. The number of imidazole rings is 1. The van der Waals surface area contributed by atoms with E-state index in [4.69, 9.17) is 0 Å². The van der Waals surface area contributed by atoms with E-state index in [1.54, 1.807) is 14.8 Å². The zero-order valence-corrected chi connectivity index (χ0v) is 13.2. The molecule has 21 heavy (non-hydrogen) atoms. The van der Waals surface area contributed by atoms with Crippen molar-refractivity contribution in [1.29, 1.82) is 0 Å². The Balaban J connectivity index is 1.72. The van der Waals surface area contributed by atoms with E-state index >= 15 is 0 Å². The highest BCUT2D eigenvalue weighted by Crippen LogP contribution is 2.23. The van der Waals surface area contributed by atoms with Gasteiger partial charge < -0.3 is 9.88 Å². The second-order valence-electron chi connectivity index (χ2n) is 5.80. The fourth-order valence-electron chi connectivity index (χ4n) is 3.20. The van der Waals surface area contributed by atoms with Crippen LogP contribution in [0.1, 0.15) is 18.7 Å². The maximum Gasteiger partial charge on any atom is 0.282 e. The highest BCUT2D eigenvalue weighted by molar-refractivity contribution is 7.86. The van der Waals surface area contributed by atoms with E-state index in [1.807, 2.05) is 17.8 Å². The van der Waals surface area contributed by atoms with Crippen LogP contribution in [-0.2, 0) is 23.3 Å². The summed E-state index contributed by atoms with van der Waals surface area (Å²) in [5, 5.41) is 3.15. The Bertz CT molecular complexity index is 583. The number of aromatic nitrogens is 2. The van der Waals surface area contributed by atoms with Crippen LogP contribution < -0.4 is 5.32 Å². The normalized spacial score (nSPS) is 24.9. The van der Waals surface area contributed by atoms with Crippen molar-refractivity contribution in [1.82, 2.24) is 23.5 Å². The fraction of sp³-hybridized carbons (Fsp3) is 0.769. The molecule has 0 aromatic carbocycles. The smallest absolute Gasteiger partial charge is 0.282 e. The lowest BCUT2D eigenvalue weighted by molar-refractivity contribution is 0.234. The van der Waals surface area contributed by atoms with Gasteiger partial charge in [-0.05, 0) is 32.4 Å². The molecule has 2 aliphatic rings. The van der Waals surface area contributed by atoms with Crippen molar-refractivity contribution in [3.05, 3.63) is 18.2 Å². The topological polar surface area (TPSA) is 70.5 Å². The molecule has 7 nitrogen and oxygen atoms in total. The Morgan fingerprint density at radius 1 is 1.33 bits per heavy atom. The van der Waals surface area contributed by atoms with Gasteiger partial charge >= 0.3 is 0 Å². The van der Waals surface area contributed by atoms with Gasteiger partial charge in [-0.25, -0.2) is 4.98 Å². The van der Waals surface area contributed by atoms with Crippen LogP contribution >= 0.6 is 0 Å². The average Bonchev–Trinajstić information content (AvgIpc) is 2.95. The monoisotopic (exact) mass is 313 g/mol. The SMILES string of the molecule is CNCC1CCCN(S(=O)(=O)N2CCn3ccnc3C2)C1. The minimum absolute atomic E-state index is 0.378. The van der Waals surface area contributed by atoms with Crippen molar-refractivity contribution < 1.29 is 8.42 Å². The number of rotatable bonds is 4. The first-order chi connectivity index (χ1) is 10.1. The summed E-state index contributed by atoms with van der Waals surface area (Å²) in [4.78, 5) is 4.24. The lowest BCUT2D eigenvalue weighted by Crippen LogP contribution is -2.50. The molecule has 0 bridgehead atoms. The van der Waals surface area contributed by atoms with Crippen LogP contribution in [0.4, 0.5) is 0 Å². The summed E-state index contributed by atoms with van der Waals surface area (Å²) in [5.41, 5.74) is 0. The molecule has 1 unspecified atom stereocenters. The lowest BCUT2D eigenvalue weighted by atomic mass is 10.00. The van der Waals surface area contributed by atoms with Crippen molar-refractivity contribution >= 4 is 10.2 Å². The molecular weight excluding hydrogens is 290 g/mol. The number of fused-ring (bicyclic) bond motifs is 1. The average molecular weight is 313 g/mol. The summed E-state index contributed by atoms with van der Waals surface area (Å²) >= 11 is 0. The molecule has 1 saturated heterocycles. The Morgan fingerprint density at radius 3 is 3.00 bits per heavy atom. The Morgan fingerprint density at radius 2 is 2.19 bits per heavy atom. The predicted molar refractivity (Wildman–Crippen MR) is 79.8 cm³/mol. The van der Waals surface area contributed by atoms with E-state index in [1.165, 1.54) is 0 Å². The third kappa shape index (κ3) is 2.98. The van der Waals surface area contributed by atoms with Gasteiger partial charge in [-0.3, -0.25) is 0 Å². The van der Waals surface area contributed by atoms with Crippen molar-refractivity contribution in [2.24, 2.45) is 5.92 Å². The first kappa shape index (κ1) is 15.0. The standard InChI is InChI=1S/C13H23N5O2S/c1-14-9-12-3-2-5-17(10-12)21(19,20)18-8-7-16-6-4-15-13(16)11-18/h4,6,12,14H,2-3,5,7-11H2,1H3. The molecule has 3 heterocycles. The molecule has 0 aliphatic carbocycles. The third-order valence-electron chi connectivity index (χ3n) is 4.34. The number of hydrogen-bond acceptors (Lipinski definition) is 4. The first-order valence-electron chi connectivity index (χ1n) is 7.51. The molecule has 2 aliphatic heterocycles. The van der Waals surface area contributed by atoms with Gasteiger partial charge in [0.25, 0.3) is 10.2 Å². The van der Waals surface area contributed by atoms with E-state index < -0.39 is 10.2 Å². The number of hydrogen-bond donors (Lipinski definition) is 1. The van der Waals surface area contributed by atoms with Crippen molar-refractivity contribution in [3.63, 3.8) is 0 Å². The van der Waals surface area contributed by atoms with E-state index in [2.05, 4.69) is 10.3 Å². The van der Waals surface area contributed by atoms with Crippen LogP contribution in [0.15, 0.2) is 12.4 Å². The molecule has 0 radical (unpaired) electrons. The van der Waals surface area contributed by atoms with Crippen LogP contribution in [0.5, 0.6) is 0 Å². The zero-order chi connectivity index (χ0) is 14.9. The third-order valence-corrected chi connectivity index (χ3v) is 6.29. The first-order valence-corrected chi connectivity index (χ1v) is 8.91.